The van der Waals surface area contributed by atoms with Gasteiger partial charge in [0.25, 0.3) is 0 Å². The van der Waals surface area contributed by atoms with Crippen molar-refractivity contribution in [2.24, 2.45) is 10.9 Å². The van der Waals surface area contributed by atoms with E-state index in [0.29, 0.717) is 17.6 Å². The lowest BCUT2D eigenvalue weighted by Gasteiger charge is -2.32. The topological polar surface area (TPSA) is 79.0 Å². The van der Waals surface area contributed by atoms with Crippen LogP contribution in [0, 0.1) is 12.8 Å². The van der Waals surface area contributed by atoms with E-state index in [-0.39, 0.29) is 12.6 Å². The Labute approximate surface area is 167 Å². The maximum atomic E-state index is 10.2. The molecule has 1 aliphatic rings. The van der Waals surface area contributed by atoms with E-state index >= 15 is 0 Å². The van der Waals surface area contributed by atoms with E-state index in [2.05, 4.69) is 46.8 Å². The average molecular weight is 386 g/mol. The molecule has 1 aromatic carbocycles. The van der Waals surface area contributed by atoms with E-state index in [1.807, 2.05) is 6.92 Å². The zero-order valence-electron chi connectivity index (χ0n) is 16.7. The molecule has 0 spiro atoms. The van der Waals surface area contributed by atoms with Gasteiger partial charge < -0.3 is 24.9 Å². The predicted octanol–water partition coefficient (Wildman–Crippen LogP) is 3.34. The lowest BCUT2D eigenvalue weighted by molar-refractivity contribution is -0.0265. The summed E-state index contributed by atoms with van der Waals surface area (Å²) < 4.78 is 11.3. The van der Waals surface area contributed by atoms with Gasteiger partial charge in [-0.3, -0.25) is 4.99 Å². The standard InChI is InChI=1S/C22H31N3O3/c1-3-23-22(25-15-19(26)20-7-5-12-27-20)24-14-18-6-4-13-28-21(18)17-10-8-16(2)9-11-17/h5,7-12,18-19,21,26H,3-4,6,13-15H2,1-2H3,(H2,23,24,25). The molecule has 3 N–H and O–H groups in total. The summed E-state index contributed by atoms with van der Waals surface area (Å²) in [6.45, 7) is 6.69. The van der Waals surface area contributed by atoms with Gasteiger partial charge in [-0.1, -0.05) is 29.8 Å². The van der Waals surface area contributed by atoms with Crippen LogP contribution in [0.1, 0.15) is 48.9 Å². The van der Waals surface area contributed by atoms with Crippen molar-refractivity contribution < 1.29 is 14.3 Å². The van der Waals surface area contributed by atoms with Gasteiger partial charge >= 0.3 is 0 Å². The Morgan fingerprint density at radius 2 is 2.07 bits per heavy atom. The summed E-state index contributed by atoms with van der Waals surface area (Å²) in [6.07, 6.45) is 3.08. The maximum Gasteiger partial charge on any atom is 0.191 e. The second-order valence-electron chi connectivity index (χ2n) is 7.24. The number of furan rings is 1. The highest BCUT2D eigenvalue weighted by Crippen LogP contribution is 2.33. The first-order valence-corrected chi connectivity index (χ1v) is 10.1. The molecule has 0 saturated carbocycles. The maximum absolute atomic E-state index is 10.2. The number of nitrogens with zero attached hydrogens (tertiary/aromatic N) is 1. The number of hydrogen-bond donors (Lipinski definition) is 3. The van der Waals surface area contributed by atoms with Crippen LogP contribution in [0.25, 0.3) is 0 Å². The normalized spacial score (nSPS) is 21.3. The minimum Gasteiger partial charge on any atom is -0.467 e. The molecular weight excluding hydrogens is 354 g/mol. The van der Waals surface area contributed by atoms with Crippen LogP contribution in [0.4, 0.5) is 0 Å². The summed E-state index contributed by atoms with van der Waals surface area (Å²) in [5.41, 5.74) is 2.48. The van der Waals surface area contributed by atoms with Crippen molar-refractivity contribution in [1.82, 2.24) is 10.6 Å². The Hall–Kier alpha value is -2.31. The third-order valence-corrected chi connectivity index (χ3v) is 5.02. The van der Waals surface area contributed by atoms with Crippen LogP contribution in [-0.2, 0) is 4.74 Å². The molecule has 0 radical (unpaired) electrons. The third-order valence-electron chi connectivity index (χ3n) is 5.02. The van der Waals surface area contributed by atoms with E-state index in [4.69, 9.17) is 9.15 Å². The van der Waals surface area contributed by atoms with Gasteiger partial charge in [-0.05, 0) is 44.4 Å². The van der Waals surface area contributed by atoms with E-state index in [9.17, 15) is 5.11 Å². The Bertz CT molecular complexity index is 728. The molecule has 1 aromatic heterocycles. The summed E-state index contributed by atoms with van der Waals surface area (Å²) in [4.78, 5) is 4.51. The summed E-state index contributed by atoms with van der Waals surface area (Å²) in [7, 11) is 0. The minimum atomic E-state index is -0.747. The molecule has 1 aliphatic heterocycles. The van der Waals surface area contributed by atoms with Crippen LogP contribution in [0.5, 0.6) is 0 Å². The van der Waals surface area contributed by atoms with Crippen molar-refractivity contribution in [3.05, 3.63) is 59.5 Å². The number of guanidine groups is 1. The molecule has 1 fully saturated rings. The zero-order chi connectivity index (χ0) is 19.8. The van der Waals surface area contributed by atoms with Crippen LogP contribution in [0.3, 0.4) is 0 Å². The third kappa shape index (κ3) is 5.59. The number of aliphatic hydroxyl groups excluding tert-OH is 1. The molecule has 1 saturated heterocycles. The second kappa shape index (κ2) is 10.3. The van der Waals surface area contributed by atoms with Gasteiger partial charge in [0.1, 0.15) is 11.9 Å². The van der Waals surface area contributed by atoms with Crippen molar-refractivity contribution in [2.75, 3.05) is 26.2 Å². The molecular formula is C22H31N3O3. The van der Waals surface area contributed by atoms with Crippen LogP contribution >= 0.6 is 0 Å². The van der Waals surface area contributed by atoms with Crippen molar-refractivity contribution in [3.8, 4) is 0 Å². The van der Waals surface area contributed by atoms with Gasteiger partial charge in [0.05, 0.1) is 18.9 Å². The monoisotopic (exact) mass is 385 g/mol. The van der Waals surface area contributed by atoms with Gasteiger partial charge in [0.2, 0.25) is 0 Å². The summed E-state index contributed by atoms with van der Waals surface area (Å²) in [5.74, 6) is 1.59. The Morgan fingerprint density at radius 3 is 2.79 bits per heavy atom. The van der Waals surface area contributed by atoms with Gasteiger partial charge in [0.15, 0.2) is 5.96 Å². The fourth-order valence-electron chi connectivity index (χ4n) is 3.50. The molecule has 0 amide bonds. The highest BCUT2D eigenvalue weighted by molar-refractivity contribution is 5.79. The first-order chi connectivity index (χ1) is 13.7. The Morgan fingerprint density at radius 1 is 1.25 bits per heavy atom. The van der Waals surface area contributed by atoms with Crippen molar-refractivity contribution >= 4 is 5.96 Å². The molecule has 3 rings (SSSR count). The number of ether oxygens (including phenoxy) is 1. The van der Waals surface area contributed by atoms with Gasteiger partial charge in [-0.25, -0.2) is 0 Å². The van der Waals surface area contributed by atoms with Crippen LogP contribution in [-0.4, -0.2) is 37.3 Å². The molecule has 3 atom stereocenters. The van der Waals surface area contributed by atoms with Crippen LogP contribution in [0.15, 0.2) is 52.1 Å². The smallest absolute Gasteiger partial charge is 0.191 e. The van der Waals surface area contributed by atoms with Crippen LogP contribution in [0.2, 0.25) is 0 Å². The molecule has 2 heterocycles. The number of aliphatic hydroxyl groups is 1. The van der Waals surface area contributed by atoms with E-state index in [1.54, 1.807) is 18.4 Å². The summed E-state index contributed by atoms with van der Waals surface area (Å²) in [5, 5.41) is 16.8. The number of aryl methyl sites for hydroxylation is 1. The molecule has 152 valence electrons. The zero-order valence-corrected chi connectivity index (χ0v) is 16.7. The molecule has 3 unspecified atom stereocenters. The Kier molecular flexibility index (Phi) is 7.51. The second-order valence-corrected chi connectivity index (χ2v) is 7.24. The average Bonchev–Trinajstić information content (AvgIpc) is 3.26. The van der Waals surface area contributed by atoms with Crippen molar-refractivity contribution in [3.63, 3.8) is 0 Å². The lowest BCUT2D eigenvalue weighted by Crippen LogP contribution is -2.42. The lowest BCUT2D eigenvalue weighted by atomic mass is 9.89. The summed E-state index contributed by atoms with van der Waals surface area (Å²) in [6, 6.07) is 12.1. The van der Waals surface area contributed by atoms with E-state index < -0.39 is 6.10 Å². The SMILES string of the molecule is CCNC(=NCC(O)c1ccco1)NCC1CCCOC1c1ccc(C)cc1. The number of benzene rings is 1. The van der Waals surface area contributed by atoms with Crippen LogP contribution < -0.4 is 10.6 Å². The molecule has 6 nitrogen and oxygen atoms in total. The molecule has 2 aromatic rings. The Balaban J connectivity index is 1.60. The number of aliphatic imine (C=N–C) groups is 1. The minimum absolute atomic E-state index is 0.0958. The number of hydrogen-bond acceptors (Lipinski definition) is 4. The van der Waals surface area contributed by atoms with Gasteiger partial charge in [-0.15, -0.1) is 0 Å². The molecule has 0 aliphatic carbocycles. The van der Waals surface area contributed by atoms with Gasteiger partial charge in [0, 0.05) is 25.6 Å². The predicted molar refractivity (Wildman–Crippen MR) is 110 cm³/mol. The number of rotatable bonds is 7. The molecule has 6 heteroatoms. The van der Waals surface area contributed by atoms with E-state index in [0.717, 1.165) is 32.5 Å². The molecule has 0 bridgehead atoms. The fraction of sp³-hybridized carbons (Fsp3) is 0.500. The quantitative estimate of drug-likeness (QED) is 0.503. The summed E-state index contributed by atoms with van der Waals surface area (Å²) >= 11 is 0. The van der Waals surface area contributed by atoms with E-state index in [1.165, 1.54) is 11.1 Å². The molecule has 28 heavy (non-hydrogen) atoms. The number of nitrogens with one attached hydrogen (secondary N) is 2. The first-order valence-electron chi connectivity index (χ1n) is 10.1. The first kappa shape index (κ1) is 20.4. The van der Waals surface area contributed by atoms with Gasteiger partial charge in [-0.2, -0.15) is 0 Å². The highest BCUT2D eigenvalue weighted by Gasteiger charge is 2.27. The van der Waals surface area contributed by atoms with Crippen molar-refractivity contribution in [2.45, 2.75) is 38.9 Å². The van der Waals surface area contributed by atoms with Crippen molar-refractivity contribution in [1.29, 1.82) is 0 Å². The fourth-order valence-corrected chi connectivity index (χ4v) is 3.50. The highest BCUT2D eigenvalue weighted by atomic mass is 16.5. The largest absolute Gasteiger partial charge is 0.467 e.